The molecule has 0 radical (unpaired) electrons. The highest BCUT2D eigenvalue weighted by atomic mass is 16.5. The number of ether oxygens (including phenoxy) is 1. The van der Waals surface area contributed by atoms with Gasteiger partial charge in [0.25, 0.3) is 11.7 Å². The van der Waals surface area contributed by atoms with Crippen LogP contribution in [0.25, 0.3) is 0 Å². The molecule has 1 aromatic rings. The molecule has 0 atom stereocenters. The van der Waals surface area contributed by atoms with E-state index < -0.39 is 17.7 Å². The number of rotatable bonds is 3. The number of carbonyl (C=O) groups is 3. The van der Waals surface area contributed by atoms with Gasteiger partial charge in [0.05, 0.1) is 18.4 Å². The molecule has 1 amide bonds. The van der Waals surface area contributed by atoms with Crippen LogP contribution in [-0.4, -0.2) is 31.3 Å². The highest BCUT2D eigenvalue weighted by Gasteiger charge is 2.36. The van der Waals surface area contributed by atoms with Crippen LogP contribution in [0, 0.1) is 13.8 Å². The molecule has 0 spiro atoms. The van der Waals surface area contributed by atoms with E-state index in [1.54, 1.807) is 19.1 Å². The number of Topliss-reactive ketones (excluding diaryl/α,β-unsaturated/α-hetero) is 1. The van der Waals surface area contributed by atoms with Crippen molar-refractivity contribution in [3.63, 3.8) is 0 Å². The Morgan fingerprint density at radius 2 is 1.95 bits per heavy atom. The van der Waals surface area contributed by atoms with Gasteiger partial charge in [-0.25, -0.2) is 4.79 Å². The van der Waals surface area contributed by atoms with Gasteiger partial charge in [-0.3, -0.25) is 9.59 Å². The Morgan fingerprint density at radius 1 is 1.29 bits per heavy atom. The van der Waals surface area contributed by atoms with Gasteiger partial charge in [0.2, 0.25) is 0 Å². The molecule has 0 saturated carbocycles. The number of amides is 1. The fourth-order valence-corrected chi connectivity index (χ4v) is 2.32. The van der Waals surface area contributed by atoms with Crippen LogP contribution in [0.1, 0.15) is 28.4 Å². The monoisotopic (exact) mass is 287 g/mol. The number of anilines is 1. The molecule has 0 bridgehead atoms. The summed E-state index contributed by atoms with van der Waals surface area (Å²) in [5.74, 6) is -1.51. The molecule has 0 N–H and O–H groups in total. The first-order valence-electron chi connectivity index (χ1n) is 6.60. The van der Waals surface area contributed by atoms with Crippen LogP contribution in [0.2, 0.25) is 0 Å². The summed E-state index contributed by atoms with van der Waals surface area (Å²) in [6, 6.07) is 3.51. The summed E-state index contributed by atoms with van der Waals surface area (Å²) in [7, 11) is 1.30. The fraction of sp³-hybridized carbons (Fsp3) is 0.312. The van der Waals surface area contributed by atoms with E-state index in [0.717, 1.165) is 11.1 Å². The van der Waals surface area contributed by atoms with Crippen molar-refractivity contribution in [1.82, 2.24) is 0 Å². The summed E-state index contributed by atoms with van der Waals surface area (Å²) < 4.78 is 4.61. The zero-order valence-corrected chi connectivity index (χ0v) is 12.5. The SMILES string of the molecule is COC(=O)C(C)=CCN1C(=O)C(=O)c2ccc(C)c(C)c21. The summed E-state index contributed by atoms with van der Waals surface area (Å²) in [6.45, 7) is 5.58. The summed E-state index contributed by atoms with van der Waals surface area (Å²) in [4.78, 5) is 36.9. The molecule has 2 rings (SSSR count). The maximum atomic E-state index is 12.1. The number of methoxy groups -OCH3 is 1. The third-order valence-electron chi connectivity index (χ3n) is 3.74. The Labute approximate surface area is 123 Å². The van der Waals surface area contributed by atoms with E-state index >= 15 is 0 Å². The minimum absolute atomic E-state index is 0.169. The number of carbonyl (C=O) groups excluding carboxylic acids is 3. The molecule has 1 aliphatic rings. The number of hydrogen-bond donors (Lipinski definition) is 0. The van der Waals surface area contributed by atoms with Gasteiger partial charge in [0, 0.05) is 12.1 Å². The second kappa shape index (κ2) is 5.52. The van der Waals surface area contributed by atoms with Gasteiger partial charge in [0.1, 0.15) is 0 Å². The molecule has 0 aromatic heterocycles. The lowest BCUT2D eigenvalue weighted by Crippen LogP contribution is -2.30. The molecule has 5 heteroatoms. The third-order valence-corrected chi connectivity index (χ3v) is 3.74. The largest absolute Gasteiger partial charge is 0.466 e. The van der Waals surface area contributed by atoms with E-state index in [1.165, 1.54) is 12.0 Å². The summed E-state index contributed by atoms with van der Waals surface area (Å²) in [5, 5.41) is 0. The summed E-state index contributed by atoms with van der Waals surface area (Å²) in [6.07, 6.45) is 1.59. The van der Waals surface area contributed by atoms with Gasteiger partial charge in [0.15, 0.2) is 0 Å². The predicted molar refractivity (Wildman–Crippen MR) is 78.4 cm³/mol. The van der Waals surface area contributed by atoms with Crippen molar-refractivity contribution in [2.24, 2.45) is 0 Å². The molecule has 1 heterocycles. The van der Waals surface area contributed by atoms with Crippen LogP contribution in [0.5, 0.6) is 0 Å². The van der Waals surface area contributed by atoms with Crippen LogP contribution in [0.15, 0.2) is 23.8 Å². The van der Waals surface area contributed by atoms with Crippen LogP contribution in [0.4, 0.5) is 5.69 Å². The lowest BCUT2D eigenvalue weighted by atomic mass is 10.0. The van der Waals surface area contributed by atoms with Crippen molar-refractivity contribution < 1.29 is 19.1 Å². The van der Waals surface area contributed by atoms with Crippen molar-refractivity contribution in [1.29, 1.82) is 0 Å². The zero-order valence-electron chi connectivity index (χ0n) is 12.5. The Balaban J connectivity index is 2.39. The molecular weight excluding hydrogens is 270 g/mol. The lowest BCUT2D eigenvalue weighted by Gasteiger charge is -2.18. The topological polar surface area (TPSA) is 63.7 Å². The van der Waals surface area contributed by atoms with E-state index in [4.69, 9.17) is 0 Å². The maximum absolute atomic E-state index is 12.1. The number of fused-ring (bicyclic) bond motifs is 1. The second-order valence-corrected chi connectivity index (χ2v) is 5.03. The first kappa shape index (κ1) is 15.0. The number of esters is 1. The van der Waals surface area contributed by atoms with Gasteiger partial charge < -0.3 is 9.64 Å². The first-order valence-corrected chi connectivity index (χ1v) is 6.60. The fourth-order valence-electron chi connectivity index (χ4n) is 2.32. The molecule has 0 fully saturated rings. The lowest BCUT2D eigenvalue weighted by molar-refractivity contribution is -0.136. The highest BCUT2D eigenvalue weighted by molar-refractivity contribution is 6.52. The molecule has 0 aliphatic carbocycles. The average Bonchev–Trinajstić information content (AvgIpc) is 2.72. The molecule has 1 aliphatic heterocycles. The van der Waals surface area contributed by atoms with Crippen molar-refractivity contribution in [2.75, 3.05) is 18.6 Å². The molecular formula is C16H17NO4. The normalized spacial score (nSPS) is 14.5. The number of nitrogens with zero attached hydrogens (tertiary/aromatic N) is 1. The number of benzene rings is 1. The molecule has 5 nitrogen and oxygen atoms in total. The number of ketones is 1. The van der Waals surface area contributed by atoms with Crippen LogP contribution < -0.4 is 4.90 Å². The quantitative estimate of drug-likeness (QED) is 0.484. The van der Waals surface area contributed by atoms with Gasteiger partial charge in [-0.15, -0.1) is 0 Å². The van der Waals surface area contributed by atoms with Crippen molar-refractivity contribution in [3.8, 4) is 0 Å². The van der Waals surface area contributed by atoms with Crippen LogP contribution in [-0.2, 0) is 14.3 Å². The molecule has 1 aromatic carbocycles. The second-order valence-electron chi connectivity index (χ2n) is 5.03. The Morgan fingerprint density at radius 3 is 2.57 bits per heavy atom. The maximum Gasteiger partial charge on any atom is 0.333 e. The summed E-state index contributed by atoms with van der Waals surface area (Å²) in [5.41, 5.74) is 3.37. The Bertz CT molecular complexity index is 673. The van der Waals surface area contributed by atoms with Gasteiger partial charge in [-0.1, -0.05) is 12.1 Å². The standard InChI is InChI=1S/C16H17NO4/c1-9-5-6-12-13(11(9)3)17(15(19)14(12)18)8-7-10(2)16(20)21-4/h5-7H,8H2,1-4H3. The number of aryl methyl sites for hydroxylation is 1. The molecule has 0 saturated heterocycles. The van der Waals surface area contributed by atoms with Crippen LogP contribution in [0.3, 0.4) is 0 Å². The molecule has 21 heavy (non-hydrogen) atoms. The van der Waals surface area contributed by atoms with Gasteiger partial charge in [-0.2, -0.15) is 0 Å². The number of hydrogen-bond acceptors (Lipinski definition) is 4. The van der Waals surface area contributed by atoms with E-state index in [9.17, 15) is 14.4 Å². The van der Waals surface area contributed by atoms with Crippen LogP contribution >= 0.6 is 0 Å². The Hall–Kier alpha value is -2.43. The van der Waals surface area contributed by atoms with E-state index in [1.807, 2.05) is 19.9 Å². The Kier molecular flexibility index (Phi) is 3.93. The first-order chi connectivity index (χ1) is 9.88. The smallest absolute Gasteiger partial charge is 0.333 e. The minimum Gasteiger partial charge on any atom is -0.466 e. The molecule has 110 valence electrons. The van der Waals surface area contributed by atoms with E-state index in [0.29, 0.717) is 16.8 Å². The van der Waals surface area contributed by atoms with E-state index in [-0.39, 0.29) is 6.54 Å². The highest BCUT2D eigenvalue weighted by Crippen LogP contribution is 2.33. The van der Waals surface area contributed by atoms with Crippen molar-refractivity contribution in [3.05, 3.63) is 40.5 Å². The summed E-state index contributed by atoms with van der Waals surface area (Å²) >= 11 is 0. The van der Waals surface area contributed by atoms with Gasteiger partial charge in [-0.05, 0) is 38.0 Å². The predicted octanol–water partition coefficient (Wildman–Crippen LogP) is 1.95. The minimum atomic E-state index is -0.562. The average molecular weight is 287 g/mol. The van der Waals surface area contributed by atoms with Gasteiger partial charge >= 0.3 is 5.97 Å². The zero-order chi connectivity index (χ0) is 15.7. The third kappa shape index (κ3) is 2.46. The molecule has 0 unspecified atom stereocenters. The van der Waals surface area contributed by atoms with Crippen molar-refractivity contribution in [2.45, 2.75) is 20.8 Å². The van der Waals surface area contributed by atoms with E-state index in [2.05, 4.69) is 4.74 Å². The van der Waals surface area contributed by atoms with Crippen molar-refractivity contribution >= 4 is 23.3 Å².